The summed E-state index contributed by atoms with van der Waals surface area (Å²) in [5.41, 5.74) is 4.13. The van der Waals surface area contributed by atoms with Crippen LogP contribution in [0.4, 0.5) is 5.69 Å². The molecule has 0 aliphatic carbocycles. The van der Waals surface area contributed by atoms with Crippen LogP contribution in [-0.4, -0.2) is 18.8 Å². The zero-order valence-corrected chi connectivity index (χ0v) is 24.3. The lowest BCUT2D eigenvalue weighted by Gasteiger charge is -2.25. The van der Waals surface area contributed by atoms with Crippen LogP contribution in [0.1, 0.15) is 99.7 Å². The maximum Gasteiger partial charge on any atom is 0.224 e. The molecule has 1 unspecified atom stereocenters. The van der Waals surface area contributed by atoms with Crippen LogP contribution in [0.5, 0.6) is 11.5 Å². The number of methoxy groups -OCH3 is 1. The van der Waals surface area contributed by atoms with Gasteiger partial charge in [-0.15, -0.1) is 0 Å². The van der Waals surface area contributed by atoms with Crippen molar-refractivity contribution < 1.29 is 19.1 Å². The van der Waals surface area contributed by atoms with Crippen molar-refractivity contribution in [2.75, 3.05) is 12.4 Å². The molecular weight excluding hydrogens is 486 g/mol. The zero-order valence-electron chi connectivity index (χ0n) is 24.3. The van der Waals surface area contributed by atoms with E-state index in [1.165, 1.54) is 0 Å². The van der Waals surface area contributed by atoms with Crippen LogP contribution in [0, 0.1) is 0 Å². The number of anilines is 1. The molecule has 0 spiro atoms. The number of hydrogen-bond donors (Lipinski definition) is 1. The standard InChI is InChI=1S/C34H43NO4/c1-7-8-10-16-27(22-32(37)35-30-21-26(24(2)36)19-20-29(30)34(3,4)5)28-17-13-18-31(38-6)33(28)39-23-25-14-11-9-12-15-25/h9,11-15,17-21,27H,7-8,10,16,22-23H2,1-6H3,(H,35,37). The molecule has 0 bridgehead atoms. The third kappa shape index (κ3) is 8.44. The summed E-state index contributed by atoms with van der Waals surface area (Å²) in [6, 6.07) is 21.5. The van der Waals surface area contributed by atoms with Crippen molar-refractivity contribution in [3.05, 3.63) is 89.0 Å². The number of carbonyl (C=O) groups is 2. The Balaban J connectivity index is 1.91. The minimum Gasteiger partial charge on any atom is -0.493 e. The minimum atomic E-state index is -0.191. The number of ketones is 1. The maximum absolute atomic E-state index is 13.6. The van der Waals surface area contributed by atoms with Gasteiger partial charge in [0.15, 0.2) is 17.3 Å². The average molecular weight is 530 g/mol. The van der Waals surface area contributed by atoms with Gasteiger partial charge >= 0.3 is 0 Å². The van der Waals surface area contributed by atoms with Crippen molar-refractivity contribution in [3.63, 3.8) is 0 Å². The van der Waals surface area contributed by atoms with E-state index in [4.69, 9.17) is 9.47 Å². The van der Waals surface area contributed by atoms with Gasteiger partial charge in [0.05, 0.1) is 7.11 Å². The number of nitrogens with one attached hydrogen (secondary N) is 1. The van der Waals surface area contributed by atoms with Crippen molar-refractivity contribution >= 4 is 17.4 Å². The summed E-state index contributed by atoms with van der Waals surface area (Å²) in [6.07, 6.45) is 4.36. The van der Waals surface area contributed by atoms with Gasteiger partial charge in [-0.2, -0.15) is 0 Å². The number of amides is 1. The first kappa shape index (κ1) is 29.9. The molecule has 39 heavy (non-hydrogen) atoms. The van der Waals surface area contributed by atoms with Gasteiger partial charge < -0.3 is 14.8 Å². The van der Waals surface area contributed by atoms with Gasteiger partial charge in [-0.3, -0.25) is 9.59 Å². The van der Waals surface area contributed by atoms with E-state index >= 15 is 0 Å². The third-order valence-electron chi connectivity index (χ3n) is 6.99. The first-order valence-electron chi connectivity index (χ1n) is 13.9. The quantitative estimate of drug-likeness (QED) is 0.178. The van der Waals surface area contributed by atoms with Crippen LogP contribution in [0.3, 0.4) is 0 Å². The van der Waals surface area contributed by atoms with Gasteiger partial charge in [0, 0.05) is 23.2 Å². The second kappa shape index (κ2) is 14.0. The van der Waals surface area contributed by atoms with E-state index in [1.54, 1.807) is 20.1 Å². The molecule has 0 heterocycles. The van der Waals surface area contributed by atoms with Gasteiger partial charge in [-0.1, -0.05) is 102 Å². The fourth-order valence-corrected chi connectivity index (χ4v) is 4.85. The summed E-state index contributed by atoms with van der Waals surface area (Å²) in [5, 5.41) is 3.15. The summed E-state index contributed by atoms with van der Waals surface area (Å²) >= 11 is 0. The predicted octanol–water partition coefficient (Wildman–Crippen LogP) is 8.47. The van der Waals surface area contributed by atoms with Crippen molar-refractivity contribution in [1.29, 1.82) is 0 Å². The Bertz CT molecular complexity index is 1240. The average Bonchev–Trinajstić information content (AvgIpc) is 2.91. The molecule has 3 aromatic rings. The molecule has 0 radical (unpaired) electrons. The van der Waals surface area contributed by atoms with Gasteiger partial charge in [-0.25, -0.2) is 0 Å². The van der Waals surface area contributed by atoms with E-state index in [0.29, 0.717) is 35.8 Å². The Morgan fingerprint density at radius 3 is 2.33 bits per heavy atom. The summed E-state index contributed by atoms with van der Waals surface area (Å²) in [6.45, 7) is 10.4. The summed E-state index contributed by atoms with van der Waals surface area (Å²) in [5.74, 6) is 1.19. The van der Waals surface area contributed by atoms with E-state index in [1.807, 2.05) is 60.7 Å². The van der Waals surface area contributed by atoms with Crippen molar-refractivity contribution in [1.82, 2.24) is 0 Å². The highest BCUT2D eigenvalue weighted by Crippen LogP contribution is 2.40. The van der Waals surface area contributed by atoms with E-state index in [-0.39, 0.29) is 23.0 Å². The molecular formula is C34H43NO4. The first-order chi connectivity index (χ1) is 18.6. The molecule has 5 nitrogen and oxygen atoms in total. The molecule has 0 aliphatic heterocycles. The second-order valence-electron chi connectivity index (χ2n) is 11.2. The Labute approximate surface area is 233 Å². The number of carbonyl (C=O) groups excluding carboxylic acids is 2. The molecule has 3 rings (SSSR count). The van der Waals surface area contributed by atoms with Crippen LogP contribution >= 0.6 is 0 Å². The number of rotatable bonds is 13. The van der Waals surface area contributed by atoms with E-state index in [0.717, 1.165) is 42.4 Å². The Morgan fingerprint density at radius 2 is 1.69 bits per heavy atom. The fraction of sp³-hybridized carbons (Fsp3) is 0.412. The van der Waals surface area contributed by atoms with Crippen molar-refractivity contribution in [2.45, 2.75) is 84.7 Å². The molecule has 208 valence electrons. The van der Waals surface area contributed by atoms with Crippen molar-refractivity contribution in [2.24, 2.45) is 0 Å². The normalized spacial score (nSPS) is 12.1. The fourth-order valence-electron chi connectivity index (χ4n) is 4.85. The highest BCUT2D eigenvalue weighted by molar-refractivity contribution is 5.98. The molecule has 5 heteroatoms. The monoisotopic (exact) mass is 529 g/mol. The van der Waals surface area contributed by atoms with Crippen molar-refractivity contribution in [3.8, 4) is 11.5 Å². The summed E-state index contributed by atoms with van der Waals surface area (Å²) in [4.78, 5) is 25.6. The Hall–Kier alpha value is -3.60. The third-order valence-corrected chi connectivity index (χ3v) is 6.99. The van der Waals surface area contributed by atoms with Gasteiger partial charge in [-0.05, 0) is 47.9 Å². The van der Waals surface area contributed by atoms with Crippen LogP contribution in [0.25, 0.3) is 0 Å². The molecule has 0 saturated carbocycles. The Morgan fingerprint density at radius 1 is 0.949 bits per heavy atom. The highest BCUT2D eigenvalue weighted by Gasteiger charge is 2.25. The Kier molecular flexibility index (Phi) is 10.7. The number of Topliss-reactive ketones (excluding diaryl/α,β-unsaturated/α-hetero) is 1. The summed E-state index contributed by atoms with van der Waals surface area (Å²) < 4.78 is 12.0. The molecule has 1 amide bonds. The number of ether oxygens (including phenoxy) is 2. The number of hydrogen-bond acceptors (Lipinski definition) is 4. The van der Waals surface area contributed by atoms with Gasteiger partial charge in [0.2, 0.25) is 5.91 Å². The predicted molar refractivity (Wildman–Crippen MR) is 159 cm³/mol. The van der Waals surface area contributed by atoms with Gasteiger partial charge in [0.1, 0.15) is 6.61 Å². The lowest BCUT2D eigenvalue weighted by atomic mass is 9.84. The number of unbranched alkanes of at least 4 members (excludes halogenated alkanes) is 2. The van der Waals surface area contributed by atoms with Crippen LogP contribution < -0.4 is 14.8 Å². The maximum atomic E-state index is 13.6. The largest absolute Gasteiger partial charge is 0.493 e. The van der Waals surface area contributed by atoms with Crippen LogP contribution in [-0.2, 0) is 16.8 Å². The molecule has 0 saturated heterocycles. The van der Waals surface area contributed by atoms with E-state index in [9.17, 15) is 9.59 Å². The number of benzene rings is 3. The van der Waals surface area contributed by atoms with E-state index < -0.39 is 0 Å². The number of para-hydroxylation sites is 1. The first-order valence-corrected chi connectivity index (χ1v) is 13.9. The van der Waals surface area contributed by atoms with Crippen LogP contribution in [0.15, 0.2) is 66.7 Å². The topological polar surface area (TPSA) is 64.6 Å². The summed E-state index contributed by atoms with van der Waals surface area (Å²) in [7, 11) is 1.64. The lowest BCUT2D eigenvalue weighted by molar-refractivity contribution is -0.116. The second-order valence-corrected chi connectivity index (χ2v) is 11.2. The molecule has 0 aromatic heterocycles. The molecule has 1 atom stereocenters. The lowest BCUT2D eigenvalue weighted by Crippen LogP contribution is -2.21. The molecule has 0 fully saturated rings. The zero-order chi connectivity index (χ0) is 28.4. The van der Waals surface area contributed by atoms with Crippen LogP contribution in [0.2, 0.25) is 0 Å². The molecule has 1 N–H and O–H groups in total. The minimum absolute atomic E-state index is 0.0278. The molecule has 0 aliphatic rings. The highest BCUT2D eigenvalue weighted by atomic mass is 16.5. The van der Waals surface area contributed by atoms with Gasteiger partial charge in [0.25, 0.3) is 0 Å². The SMILES string of the molecule is CCCCCC(CC(=O)Nc1cc(C(C)=O)ccc1C(C)(C)C)c1cccc(OC)c1OCc1ccccc1. The van der Waals surface area contributed by atoms with E-state index in [2.05, 4.69) is 33.0 Å². The molecule has 3 aromatic carbocycles. The smallest absolute Gasteiger partial charge is 0.224 e.